The van der Waals surface area contributed by atoms with Crippen molar-refractivity contribution >= 4 is 22.0 Å². The summed E-state index contributed by atoms with van der Waals surface area (Å²) in [5.41, 5.74) is 0.381. The first-order chi connectivity index (χ1) is 10.1. The van der Waals surface area contributed by atoms with Gasteiger partial charge in [-0.2, -0.15) is 0 Å². The van der Waals surface area contributed by atoms with Gasteiger partial charge in [-0.25, -0.2) is 9.18 Å². The predicted molar refractivity (Wildman–Crippen MR) is 89.3 cm³/mol. The number of ether oxygens (including phenoxy) is 1. The second kappa shape index (κ2) is 7.92. The Labute approximate surface area is 140 Å². The van der Waals surface area contributed by atoms with Crippen molar-refractivity contribution in [2.75, 3.05) is 27.2 Å². The van der Waals surface area contributed by atoms with Crippen molar-refractivity contribution < 1.29 is 13.9 Å². The minimum Gasteiger partial charge on any atom is -0.444 e. The van der Waals surface area contributed by atoms with Crippen molar-refractivity contribution in [3.05, 3.63) is 34.1 Å². The summed E-state index contributed by atoms with van der Waals surface area (Å²) in [6, 6.07) is 4.63. The van der Waals surface area contributed by atoms with Crippen LogP contribution in [0.5, 0.6) is 0 Å². The summed E-state index contributed by atoms with van der Waals surface area (Å²) >= 11 is 3.42. The molecule has 22 heavy (non-hydrogen) atoms. The average Bonchev–Trinajstić information content (AvgIpc) is 2.38. The van der Waals surface area contributed by atoms with Crippen molar-refractivity contribution in [1.82, 2.24) is 9.80 Å². The molecule has 0 atom stereocenters. The first-order valence-corrected chi connectivity index (χ1v) is 7.94. The highest BCUT2D eigenvalue weighted by Crippen LogP contribution is 2.19. The molecule has 1 aromatic rings. The first-order valence-electron chi connectivity index (χ1n) is 7.15. The monoisotopic (exact) mass is 374 g/mol. The zero-order valence-corrected chi connectivity index (χ0v) is 15.4. The van der Waals surface area contributed by atoms with Crippen LogP contribution in [-0.4, -0.2) is 48.7 Å². The van der Waals surface area contributed by atoms with Gasteiger partial charge in [0.05, 0.1) is 0 Å². The van der Waals surface area contributed by atoms with Gasteiger partial charge in [0.1, 0.15) is 11.4 Å². The van der Waals surface area contributed by atoms with E-state index in [9.17, 15) is 9.18 Å². The largest absolute Gasteiger partial charge is 0.444 e. The number of benzene rings is 1. The van der Waals surface area contributed by atoms with E-state index in [-0.39, 0.29) is 11.9 Å². The molecular weight excluding hydrogens is 351 g/mol. The van der Waals surface area contributed by atoms with Crippen LogP contribution in [0.1, 0.15) is 26.3 Å². The molecule has 0 radical (unpaired) electrons. The Bertz CT molecular complexity index is 517. The van der Waals surface area contributed by atoms with E-state index in [4.69, 9.17) is 4.74 Å². The summed E-state index contributed by atoms with van der Waals surface area (Å²) in [7, 11) is 3.64. The molecule has 6 heteroatoms. The Kier molecular flexibility index (Phi) is 6.81. The van der Waals surface area contributed by atoms with Gasteiger partial charge in [0.25, 0.3) is 0 Å². The number of amides is 1. The molecule has 1 aromatic carbocycles. The number of halogens is 2. The van der Waals surface area contributed by atoms with Crippen molar-refractivity contribution in [1.29, 1.82) is 0 Å². The number of rotatable bonds is 5. The Balaban J connectivity index is 2.47. The maximum Gasteiger partial charge on any atom is 0.410 e. The van der Waals surface area contributed by atoms with Gasteiger partial charge in [-0.1, -0.05) is 15.9 Å². The molecule has 0 saturated heterocycles. The van der Waals surface area contributed by atoms with E-state index in [0.717, 1.165) is 10.0 Å². The van der Waals surface area contributed by atoms with Crippen molar-refractivity contribution in [2.45, 2.75) is 32.9 Å². The summed E-state index contributed by atoms with van der Waals surface area (Å²) in [6.45, 7) is 7.32. The molecule has 0 N–H and O–H groups in total. The summed E-state index contributed by atoms with van der Waals surface area (Å²) in [5.74, 6) is -0.252. The van der Waals surface area contributed by atoms with Gasteiger partial charge in [-0.15, -0.1) is 0 Å². The third kappa shape index (κ3) is 6.75. The summed E-state index contributed by atoms with van der Waals surface area (Å²) in [4.78, 5) is 15.4. The van der Waals surface area contributed by atoms with Crippen LogP contribution < -0.4 is 0 Å². The quantitative estimate of drug-likeness (QED) is 0.783. The van der Waals surface area contributed by atoms with Crippen molar-refractivity contribution in [2.24, 2.45) is 0 Å². The van der Waals surface area contributed by atoms with Gasteiger partial charge in [0.15, 0.2) is 0 Å². The fourth-order valence-electron chi connectivity index (χ4n) is 1.79. The molecule has 0 bridgehead atoms. The Morgan fingerprint density at radius 1 is 1.27 bits per heavy atom. The molecular formula is C16H24BrFN2O2. The molecule has 0 fully saturated rings. The van der Waals surface area contributed by atoms with Crippen LogP contribution in [0.3, 0.4) is 0 Å². The lowest BCUT2D eigenvalue weighted by molar-refractivity contribution is 0.0286. The molecule has 0 aliphatic heterocycles. The standard InChI is InChI=1S/C16H24BrFN2O2/c1-16(2,3)22-15(21)20(5)9-8-19(4)11-12-10-13(18)6-7-14(12)17/h6-7,10H,8-9,11H2,1-5H3. The van der Waals surface area contributed by atoms with E-state index in [0.29, 0.717) is 19.6 Å². The van der Waals surface area contributed by atoms with Crippen LogP contribution >= 0.6 is 15.9 Å². The number of carbonyl (C=O) groups is 1. The zero-order valence-electron chi connectivity index (χ0n) is 13.8. The SMILES string of the molecule is CN(CCN(C)C(=O)OC(C)(C)C)Cc1cc(F)ccc1Br. The van der Waals surface area contributed by atoms with E-state index in [1.165, 1.54) is 12.1 Å². The van der Waals surface area contributed by atoms with Crippen LogP contribution in [0.15, 0.2) is 22.7 Å². The van der Waals surface area contributed by atoms with E-state index in [2.05, 4.69) is 15.9 Å². The van der Waals surface area contributed by atoms with Gasteiger partial charge in [0, 0.05) is 31.2 Å². The summed E-state index contributed by atoms with van der Waals surface area (Å²) in [6.07, 6.45) is -0.340. The van der Waals surface area contributed by atoms with Gasteiger partial charge in [-0.05, 0) is 51.6 Å². The first kappa shape index (κ1) is 18.9. The highest BCUT2D eigenvalue weighted by atomic mass is 79.9. The number of nitrogens with zero attached hydrogens (tertiary/aromatic N) is 2. The molecule has 0 saturated carbocycles. The number of hydrogen-bond acceptors (Lipinski definition) is 3. The second-order valence-electron chi connectivity index (χ2n) is 6.38. The van der Waals surface area contributed by atoms with Crippen LogP contribution in [-0.2, 0) is 11.3 Å². The van der Waals surface area contributed by atoms with Gasteiger partial charge < -0.3 is 14.5 Å². The highest BCUT2D eigenvalue weighted by molar-refractivity contribution is 9.10. The number of hydrogen-bond donors (Lipinski definition) is 0. The van der Waals surface area contributed by atoms with Crippen LogP contribution in [0.4, 0.5) is 9.18 Å². The zero-order chi connectivity index (χ0) is 16.9. The van der Waals surface area contributed by atoms with Crippen molar-refractivity contribution in [3.8, 4) is 0 Å². The Hall–Kier alpha value is -1.14. The summed E-state index contributed by atoms with van der Waals surface area (Å²) < 4.78 is 19.4. The topological polar surface area (TPSA) is 32.8 Å². The van der Waals surface area contributed by atoms with E-state index < -0.39 is 5.60 Å². The van der Waals surface area contributed by atoms with E-state index in [1.807, 2.05) is 32.7 Å². The normalized spacial score (nSPS) is 11.6. The third-order valence-corrected chi connectivity index (χ3v) is 3.74. The lowest BCUT2D eigenvalue weighted by Gasteiger charge is -2.26. The molecule has 1 amide bonds. The lowest BCUT2D eigenvalue weighted by atomic mass is 10.2. The molecule has 1 rings (SSSR count). The minimum absolute atomic E-state index is 0.252. The minimum atomic E-state index is -0.496. The molecule has 0 aromatic heterocycles. The van der Waals surface area contributed by atoms with Gasteiger partial charge in [-0.3, -0.25) is 0 Å². The van der Waals surface area contributed by atoms with Crippen LogP contribution in [0.25, 0.3) is 0 Å². The fourth-order valence-corrected chi connectivity index (χ4v) is 2.16. The van der Waals surface area contributed by atoms with Gasteiger partial charge in [0.2, 0.25) is 0 Å². The molecule has 0 heterocycles. The number of likely N-dealkylation sites (N-methyl/N-ethyl adjacent to an activating group) is 2. The van der Waals surface area contributed by atoms with Crippen LogP contribution in [0, 0.1) is 5.82 Å². The Morgan fingerprint density at radius 2 is 1.91 bits per heavy atom. The maximum atomic E-state index is 13.3. The average molecular weight is 375 g/mol. The molecule has 0 aliphatic carbocycles. The maximum absolute atomic E-state index is 13.3. The smallest absolute Gasteiger partial charge is 0.410 e. The lowest BCUT2D eigenvalue weighted by Crippen LogP contribution is -2.38. The highest BCUT2D eigenvalue weighted by Gasteiger charge is 2.19. The molecule has 0 spiro atoms. The third-order valence-electron chi connectivity index (χ3n) is 2.97. The molecule has 0 unspecified atom stereocenters. The Morgan fingerprint density at radius 3 is 2.50 bits per heavy atom. The van der Waals surface area contributed by atoms with Crippen molar-refractivity contribution in [3.63, 3.8) is 0 Å². The summed E-state index contributed by atoms with van der Waals surface area (Å²) in [5, 5.41) is 0. The van der Waals surface area contributed by atoms with E-state index in [1.54, 1.807) is 18.0 Å². The molecule has 124 valence electrons. The molecule has 4 nitrogen and oxygen atoms in total. The second-order valence-corrected chi connectivity index (χ2v) is 7.23. The predicted octanol–water partition coefficient (Wildman–Crippen LogP) is 3.89. The van der Waals surface area contributed by atoms with Gasteiger partial charge >= 0.3 is 6.09 Å². The van der Waals surface area contributed by atoms with Crippen LogP contribution in [0.2, 0.25) is 0 Å². The van der Waals surface area contributed by atoms with E-state index >= 15 is 0 Å². The fraction of sp³-hybridized carbons (Fsp3) is 0.562. The molecule has 0 aliphatic rings. The number of carbonyl (C=O) groups excluding carboxylic acids is 1.